The summed E-state index contributed by atoms with van der Waals surface area (Å²) in [5.74, 6) is 4.46. The highest BCUT2D eigenvalue weighted by Crippen LogP contribution is 2.28. The number of imidazole rings is 2. The molecule has 0 aliphatic carbocycles. The highest BCUT2D eigenvalue weighted by Gasteiger charge is 2.08. The summed E-state index contributed by atoms with van der Waals surface area (Å²) in [7, 11) is 3.33. The number of hydrogen-bond donors (Lipinski definition) is 4. The first-order chi connectivity index (χ1) is 19.1. The highest BCUT2D eigenvalue weighted by atomic mass is 16.5. The van der Waals surface area contributed by atoms with Crippen molar-refractivity contribution in [3.8, 4) is 23.0 Å². The van der Waals surface area contributed by atoms with Gasteiger partial charge in [-0.1, -0.05) is 24.3 Å². The zero-order valence-corrected chi connectivity index (χ0v) is 21.6. The summed E-state index contributed by atoms with van der Waals surface area (Å²) in [6.07, 6.45) is 0. The Labute approximate surface area is 225 Å². The fourth-order valence-electron chi connectivity index (χ4n) is 4.34. The van der Waals surface area contributed by atoms with Crippen LogP contribution in [-0.4, -0.2) is 34.2 Å². The minimum Gasteiger partial charge on any atom is -0.497 e. The summed E-state index contributed by atoms with van der Waals surface area (Å²) in [6.45, 7) is 1.25. The summed E-state index contributed by atoms with van der Waals surface area (Å²) in [5.41, 5.74) is 5.68. The minimum absolute atomic E-state index is 0.626. The van der Waals surface area contributed by atoms with Crippen LogP contribution in [0.15, 0.2) is 84.9 Å². The number of nitrogens with one attached hydrogen (secondary N) is 4. The molecular weight excluding hydrogens is 492 g/mol. The molecule has 196 valence electrons. The molecule has 9 nitrogen and oxygen atoms in total. The molecule has 0 saturated carbocycles. The second kappa shape index (κ2) is 10.7. The van der Waals surface area contributed by atoms with Crippen LogP contribution in [0.1, 0.15) is 11.1 Å². The Bertz CT molecular complexity index is 1610. The van der Waals surface area contributed by atoms with Gasteiger partial charge in [-0.05, 0) is 59.7 Å². The number of hydrogen-bond acceptors (Lipinski definition) is 7. The first-order valence-corrected chi connectivity index (χ1v) is 12.6. The Morgan fingerprint density at radius 1 is 0.590 bits per heavy atom. The molecule has 6 rings (SSSR count). The SMILES string of the molecule is COc1cccc(CNc2nc3ccc(Oc4ccc5nc(NCc6cccc(OC)c6)[nH]c5c4)cc3[nH]2)c1. The number of rotatable bonds is 10. The Balaban J connectivity index is 1.12. The van der Waals surface area contributed by atoms with Gasteiger partial charge in [0.25, 0.3) is 0 Å². The molecule has 2 heterocycles. The van der Waals surface area contributed by atoms with Crippen LogP contribution in [-0.2, 0) is 13.1 Å². The maximum absolute atomic E-state index is 6.16. The van der Waals surface area contributed by atoms with Gasteiger partial charge in [-0.15, -0.1) is 0 Å². The van der Waals surface area contributed by atoms with Gasteiger partial charge in [-0.3, -0.25) is 0 Å². The van der Waals surface area contributed by atoms with Gasteiger partial charge in [0.2, 0.25) is 11.9 Å². The molecule has 6 aromatic rings. The van der Waals surface area contributed by atoms with Crippen LogP contribution in [0.4, 0.5) is 11.9 Å². The molecule has 2 aromatic heterocycles. The van der Waals surface area contributed by atoms with Crippen LogP contribution in [0, 0.1) is 0 Å². The number of H-pyrrole nitrogens is 2. The molecule has 0 unspecified atom stereocenters. The second-order valence-electron chi connectivity index (χ2n) is 9.04. The smallest absolute Gasteiger partial charge is 0.201 e. The normalized spacial score (nSPS) is 11.0. The number of ether oxygens (including phenoxy) is 3. The molecule has 4 N–H and O–H groups in total. The highest BCUT2D eigenvalue weighted by molar-refractivity contribution is 5.80. The number of fused-ring (bicyclic) bond motifs is 2. The van der Waals surface area contributed by atoms with E-state index in [1.165, 1.54) is 0 Å². The van der Waals surface area contributed by atoms with Gasteiger partial charge in [0.05, 0.1) is 36.3 Å². The van der Waals surface area contributed by atoms with Crippen molar-refractivity contribution >= 4 is 34.0 Å². The van der Waals surface area contributed by atoms with Crippen molar-refractivity contribution in [3.63, 3.8) is 0 Å². The summed E-state index contributed by atoms with van der Waals surface area (Å²) >= 11 is 0. The Hall–Kier alpha value is -5.18. The Kier molecular flexibility index (Phi) is 6.61. The third kappa shape index (κ3) is 5.57. The fourth-order valence-corrected chi connectivity index (χ4v) is 4.34. The molecule has 0 aliphatic rings. The third-order valence-electron chi connectivity index (χ3n) is 6.33. The minimum atomic E-state index is 0.626. The zero-order valence-electron chi connectivity index (χ0n) is 21.6. The Morgan fingerprint density at radius 2 is 1.08 bits per heavy atom. The molecule has 0 radical (unpaired) electrons. The first-order valence-electron chi connectivity index (χ1n) is 12.6. The van der Waals surface area contributed by atoms with E-state index in [2.05, 4.69) is 30.6 Å². The van der Waals surface area contributed by atoms with Crippen molar-refractivity contribution in [2.45, 2.75) is 13.1 Å². The summed E-state index contributed by atoms with van der Waals surface area (Å²) in [6, 6.07) is 27.5. The van der Waals surface area contributed by atoms with Crippen LogP contribution in [0.25, 0.3) is 22.1 Å². The molecular formula is C30H28N6O3. The van der Waals surface area contributed by atoms with E-state index in [1.54, 1.807) is 14.2 Å². The van der Waals surface area contributed by atoms with Gasteiger partial charge < -0.3 is 34.8 Å². The molecule has 4 aromatic carbocycles. The lowest BCUT2D eigenvalue weighted by atomic mass is 10.2. The van der Waals surface area contributed by atoms with Crippen LogP contribution in [0.2, 0.25) is 0 Å². The van der Waals surface area contributed by atoms with Crippen LogP contribution < -0.4 is 24.8 Å². The van der Waals surface area contributed by atoms with Crippen molar-refractivity contribution in [1.82, 2.24) is 19.9 Å². The van der Waals surface area contributed by atoms with Crippen LogP contribution >= 0.6 is 0 Å². The van der Waals surface area contributed by atoms with Crippen molar-refractivity contribution in [2.24, 2.45) is 0 Å². The fraction of sp³-hybridized carbons (Fsp3) is 0.133. The number of anilines is 2. The predicted octanol–water partition coefficient (Wildman–Crippen LogP) is 6.47. The van der Waals surface area contributed by atoms with Gasteiger partial charge in [0.1, 0.15) is 23.0 Å². The topological polar surface area (TPSA) is 109 Å². The quantitative estimate of drug-likeness (QED) is 0.164. The van der Waals surface area contributed by atoms with Crippen LogP contribution in [0.3, 0.4) is 0 Å². The van der Waals surface area contributed by atoms with E-state index in [1.807, 2.05) is 84.9 Å². The van der Waals surface area contributed by atoms with Gasteiger partial charge in [0.15, 0.2) is 0 Å². The molecule has 0 bridgehead atoms. The van der Waals surface area contributed by atoms with Crippen molar-refractivity contribution in [3.05, 3.63) is 96.1 Å². The van der Waals surface area contributed by atoms with Crippen molar-refractivity contribution in [2.75, 3.05) is 24.9 Å². The van der Waals surface area contributed by atoms with E-state index in [0.717, 1.165) is 44.7 Å². The number of nitrogens with zero attached hydrogens (tertiary/aromatic N) is 2. The monoisotopic (exact) mass is 520 g/mol. The second-order valence-corrected chi connectivity index (χ2v) is 9.04. The number of benzene rings is 4. The first kappa shape index (κ1) is 24.2. The van der Waals surface area contributed by atoms with E-state index in [4.69, 9.17) is 14.2 Å². The number of methoxy groups -OCH3 is 2. The molecule has 9 heteroatoms. The molecule has 0 saturated heterocycles. The maximum Gasteiger partial charge on any atom is 0.201 e. The summed E-state index contributed by atoms with van der Waals surface area (Å²) in [4.78, 5) is 15.9. The molecule has 0 fully saturated rings. The average molecular weight is 521 g/mol. The molecule has 39 heavy (non-hydrogen) atoms. The molecule has 0 spiro atoms. The zero-order chi connectivity index (χ0) is 26.6. The van der Waals surface area contributed by atoms with E-state index in [0.29, 0.717) is 36.5 Å². The molecule has 0 atom stereocenters. The van der Waals surface area contributed by atoms with E-state index < -0.39 is 0 Å². The van der Waals surface area contributed by atoms with E-state index >= 15 is 0 Å². The summed E-state index contributed by atoms with van der Waals surface area (Å²) < 4.78 is 16.8. The molecule has 0 aliphatic heterocycles. The summed E-state index contributed by atoms with van der Waals surface area (Å²) in [5, 5.41) is 6.67. The van der Waals surface area contributed by atoms with E-state index in [-0.39, 0.29) is 0 Å². The third-order valence-corrected chi connectivity index (χ3v) is 6.33. The largest absolute Gasteiger partial charge is 0.497 e. The van der Waals surface area contributed by atoms with Gasteiger partial charge in [-0.25, -0.2) is 9.97 Å². The maximum atomic E-state index is 6.16. The van der Waals surface area contributed by atoms with Gasteiger partial charge >= 0.3 is 0 Å². The van der Waals surface area contributed by atoms with Gasteiger partial charge in [0, 0.05) is 25.2 Å². The Morgan fingerprint density at radius 3 is 1.54 bits per heavy atom. The lowest BCUT2D eigenvalue weighted by Crippen LogP contribution is -2.00. The lowest BCUT2D eigenvalue weighted by Gasteiger charge is -2.05. The van der Waals surface area contributed by atoms with Gasteiger partial charge in [-0.2, -0.15) is 0 Å². The number of aromatic amines is 2. The van der Waals surface area contributed by atoms with Crippen LogP contribution in [0.5, 0.6) is 23.0 Å². The standard InChI is InChI=1S/C30H28N6O3/c1-37-21-7-3-5-19(13-21)17-31-29-33-25-11-9-23(15-27(25)35-29)39-24-10-12-26-28(16-24)36-30(34-26)32-18-20-6-4-8-22(14-20)38-2/h3-16H,17-18H2,1-2H3,(H2,31,33,35)(H2,32,34,36). The lowest BCUT2D eigenvalue weighted by molar-refractivity contribution is 0.414. The predicted molar refractivity (Wildman–Crippen MR) is 153 cm³/mol. The van der Waals surface area contributed by atoms with E-state index in [9.17, 15) is 0 Å². The molecule has 0 amide bonds. The van der Waals surface area contributed by atoms with Crippen molar-refractivity contribution < 1.29 is 14.2 Å². The average Bonchev–Trinajstić information content (AvgIpc) is 3.58. The van der Waals surface area contributed by atoms with Crippen molar-refractivity contribution in [1.29, 1.82) is 0 Å². The number of aromatic nitrogens is 4.